The largest absolute Gasteiger partial charge is 0.456 e. The molecule has 0 amide bonds. The first kappa shape index (κ1) is 15.7. The quantitative estimate of drug-likeness (QED) is 0.875. The van der Waals surface area contributed by atoms with Crippen LogP contribution in [0.25, 0.3) is 0 Å². The number of rotatable bonds is 4. The van der Waals surface area contributed by atoms with Crippen LogP contribution in [-0.2, 0) is 24.8 Å². The first-order valence-corrected chi connectivity index (χ1v) is 7.12. The zero-order chi connectivity index (χ0) is 15.6. The fraction of sp³-hybridized carbons (Fsp3) is 0.286. The number of hydrogen-bond acceptors (Lipinski definition) is 4. The number of aryl methyl sites for hydroxylation is 2. The molecule has 0 saturated heterocycles. The third-order valence-corrected chi connectivity index (χ3v) is 3.66. The maximum Gasteiger partial charge on any atom is 0.359 e. The number of ether oxygens (including phenoxy) is 1. The first-order valence-electron chi connectivity index (χ1n) is 6.36. The van der Waals surface area contributed by atoms with Crippen molar-refractivity contribution >= 4 is 34.9 Å². The van der Waals surface area contributed by atoms with Crippen molar-refractivity contribution in [1.82, 2.24) is 9.78 Å². The molecule has 0 aliphatic rings. The van der Waals surface area contributed by atoms with Crippen LogP contribution in [0, 0.1) is 0 Å². The lowest BCUT2D eigenvalue weighted by Gasteiger charge is -2.08. The third-order valence-electron chi connectivity index (χ3n) is 3.06. The van der Waals surface area contributed by atoms with Gasteiger partial charge in [0.2, 0.25) is 0 Å². The number of carbonyl (C=O) groups excluding carboxylic acids is 1. The number of anilines is 1. The zero-order valence-corrected chi connectivity index (χ0v) is 13.2. The van der Waals surface area contributed by atoms with Gasteiger partial charge in [0.1, 0.15) is 6.61 Å². The van der Waals surface area contributed by atoms with E-state index in [2.05, 4.69) is 5.10 Å². The van der Waals surface area contributed by atoms with Crippen LogP contribution >= 0.6 is 23.2 Å². The number of nitrogens with two attached hydrogens (primary N) is 1. The molecular weight excluding hydrogens is 313 g/mol. The Kier molecular flexibility index (Phi) is 4.75. The molecule has 2 N–H and O–H groups in total. The Labute approximate surface area is 132 Å². The Balaban J connectivity index is 2.15. The van der Waals surface area contributed by atoms with Gasteiger partial charge >= 0.3 is 5.97 Å². The fourth-order valence-electron chi connectivity index (χ4n) is 1.96. The molecule has 2 aromatic rings. The van der Waals surface area contributed by atoms with E-state index in [1.165, 1.54) is 4.68 Å². The van der Waals surface area contributed by atoms with Crippen molar-refractivity contribution in [2.75, 3.05) is 5.73 Å². The molecule has 0 fully saturated rings. The Morgan fingerprint density at radius 1 is 1.43 bits per heavy atom. The van der Waals surface area contributed by atoms with Gasteiger partial charge in [0.05, 0.1) is 11.4 Å². The number of benzene rings is 1. The van der Waals surface area contributed by atoms with Gasteiger partial charge in [0.25, 0.3) is 0 Å². The lowest BCUT2D eigenvalue weighted by molar-refractivity contribution is 0.0461. The van der Waals surface area contributed by atoms with Crippen molar-refractivity contribution in [2.24, 2.45) is 7.05 Å². The number of aromatic nitrogens is 2. The highest BCUT2D eigenvalue weighted by atomic mass is 35.5. The van der Waals surface area contributed by atoms with Crippen LogP contribution in [-0.4, -0.2) is 15.7 Å². The van der Waals surface area contributed by atoms with E-state index in [9.17, 15) is 4.79 Å². The van der Waals surface area contributed by atoms with Gasteiger partial charge in [-0.25, -0.2) is 4.79 Å². The van der Waals surface area contributed by atoms with Crippen LogP contribution in [0.5, 0.6) is 0 Å². The molecule has 2 rings (SSSR count). The normalized spacial score (nSPS) is 10.7. The maximum absolute atomic E-state index is 12.1. The maximum atomic E-state index is 12.1. The second-order valence-electron chi connectivity index (χ2n) is 4.50. The molecule has 0 aliphatic carbocycles. The predicted molar refractivity (Wildman–Crippen MR) is 82.6 cm³/mol. The predicted octanol–water partition coefficient (Wildman–Crippen LogP) is 3.23. The number of carbonyl (C=O) groups is 1. The van der Waals surface area contributed by atoms with E-state index in [4.69, 9.17) is 33.7 Å². The van der Waals surface area contributed by atoms with Crippen molar-refractivity contribution in [2.45, 2.75) is 20.0 Å². The summed E-state index contributed by atoms with van der Waals surface area (Å²) in [6.07, 6.45) is 0.646. The highest BCUT2D eigenvalue weighted by molar-refractivity contribution is 6.33. The molecule has 0 saturated carbocycles. The van der Waals surface area contributed by atoms with Crippen LogP contribution in [0.1, 0.15) is 28.7 Å². The molecule has 0 radical (unpaired) electrons. The van der Waals surface area contributed by atoms with E-state index in [0.717, 1.165) is 0 Å². The zero-order valence-electron chi connectivity index (χ0n) is 11.7. The minimum absolute atomic E-state index is 0.0182. The summed E-state index contributed by atoms with van der Waals surface area (Å²) < 4.78 is 6.67. The summed E-state index contributed by atoms with van der Waals surface area (Å²) in [6.45, 7) is 1.93. The molecule has 1 heterocycles. The lowest BCUT2D eigenvalue weighted by Crippen LogP contribution is -2.12. The van der Waals surface area contributed by atoms with Crippen LogP contribution in [0.2, 0.25) is 10.0 Å². The second kappa shape index (κ2) is 6.37. The molecule has 0 spiro atoms. The number of nitrogens with zero attached hydrogens (tertiary/aromatic N) is 2. The number of halogens is 2. The van der Waals surface area contributed by atoms with Gasteiger partial charge in [-0.3, -0.25) is 4.68 Å². The molecule has 1 aromatic heterocycles. The summed E-state index contributed by atoms with van der Waals surface area (Å²) >= 11 is 11.9. The van der Waals surface area contributed by atoms with E-state index in [1.807, 2.05) is 6.92 Å². The number of esters is 1. The summed E-state index contributed by atoms with van der Waals surface area (Å²) in [5.74, 6) is -0.543. The van der Waals surface area contributed by atoms with Crippen molar-refractivity contribution in [1.29, 1.82) is 0 Å². The molecule has 112 valence electrons. The van der Waals surface area contributed by atoms with Crippen LogP contribution in [0.3, 0.4) is 0 Å². The fourth-order valence-corrected chi connectivity index (χ4v) is 2.33. The molecule has 0 aliphatic heterocycles. The minimum atomic E-state index is -0.543. The topological polar surface area (TPSA) is 70.1 Å². The molecule has 0 bridgehead atoms. The molecule has 0 unspecified atom stereocenters. The van der Waals surface area contributed by atoms with Gasteiger partial charge in [-0.1, -0.05) is 30.1 Å². The number of nitrogen functional groups attached to an aromatic ring is 1. The third kappa shape index (κ3) is 3.31. The van der Waals surface area contributed by atoms with E-state index in [0.29, 0.717) is 33.4 Å². The van der Waals surface area contributed by atoms with E-state index >= 15 is 0 Å². The summed E-state index contributed by atoms with van der Waals surface area (Å²) in [6, 6.07) is 4.98. The van der Waals surface area contributed by atoms with Gasteiger partial charge in [0.15, 0.2) is 5.69 Å². The highest BCUT2D eigenvalue weighted by Crippen LogP contribution is 2.23. The summed E-state index contributed by atoms with van der Waals surface area (Å²) in [7, 11) is 1.65. The van der Waals surface area contributed by atoms with E-state index in [-0.39, 0.29) is 12.3 Å². The molecule has 0 atom stereocenters. The number of hydrogen-bond donors (Lipinski definition) is 1. The Morgan fingerprint density at radius 3 is 2.76 bits per heavy atom. The smallest absolute Gasteiger partial charge is 0.359 e. The Hall–Kier alpha value is -1.72. The van der Waals surface area contributed by atoms with Crippen LogP contribution in [0.4, 0.5) is 5.69 Å². The summed E-state index contributed by atoms with van der Waals surface area (Å²) in [5, 5.41) is 5.19. The van der Waals surface area contributed by atoms with Gasteiger partial charge in [0, 0.05) is 22.7 Å². The van der Waals surface area contributed by atoms with Crippen molar-refractivity contribution in [3.8, 4) is 0 Å². The van der Waals surface area contributed by atoms with Crippen LogP contribution in [0.15, 0.2) is 18.2 Å². The summed E-state index contributed by atoms with van der Waals surface area (Å²) in [4.78, 5) is 12.1. The standard InChI is InChI=1S/C14H15Cl2N3O2/c1-3-11-12(17)13(19(2)18-11)14(20)21-7-8-6-9(15)4-5-10(8)16/h4-6H,3,7,17H2,1-2H3. The molecule has 21 heavy (non-hydrogen) atoms. The minimum Gasteiger partial charge on any atom is -0.456 e. The van der Waals surface area contributed by atoms with Gasteiger partial charge < -0.3 is 10.5 Å². The van der Waals surface area contributed by atoms with Gasteiger partial charge in [-0.2, -0.15) is 5.10 Å². The average molecular weight is 328 g/mol. The second-order valence-corrected chi connectivity index (χ2v) is 5.34. The lowest BCUT2D eigenvalue weighted by atomic mass is 10.2. The van der Waals surface area contributed by atoms with Gasteiger partial charge in [-0.15, -0.1) is 0 Å². The van der Waals surface area contributed by atoms with E-state index in [1.54, 1.807) is 25.2 Å². The van der Waals surface area contributed by atoms with Crippen molar-refractivity contribution in [3.05, 3.63) is 45.2 Å². The monoisotopic (exact) mass is 327 g/mol. The Morgan fingerprint density at radius 2 is 2.14 bits per heavy atom. The molecular formula is C14H15Cl2N3O2. The average Bonchev–Trinajstić information content (AvgIpc) is 2.74. The highest BCUT2D eigenvalue weighted by Gasteiger charge is 2.20. The SMILES string of the molecule is CCc1nn(C)c(C(=O)OCc2cc(Cl)ccc2Cl)c1N. The van der Waals surface area contributed by atoms with Crippen molar-refractivity contribution < 1.29 is 9.53 Å². The van der Waals surface area contributed by atoms with E-state index < -0.39 is 5.97 Å². The molecule has 1 aromatic carbocycles. The van der Waals surface area contributed by atoms with Crippen molar-refractivity contribution in [3.63, 3.8) is 0 Å². The Bertz CT molecular complexity index is 683. The van der Waals surface area contributed by atoms with Crippen LogP contribution < -0.4 is 5.73 Å². The molecule has 5 nitrogen and oxygen atoms in total. The summed E-state index contributed by atoms with van der Waals surface area (Å²) in [5.41, 5.74) is 7.80. The molecule has 7 heteroatoms. The first-order chi connectivity index (χ1) is 9.93. The van der Waals surface area contributed by atoms with Gasteiger partial charge in [-0.05, 0) is 24.6 Å².